The standard InChI is InChI=1S/C6H7F3O4.K/c7-6(8,9)5(3-4(10)11)12-1-2-13-5;/h1-3H2,(H,10,11);/q;+1/p-1. The monoisotopic (exact) mass is 238 g/mol. The molecule has 1 rings (SSSR count). The van der Waals surface area contributed by atoms with Gasteiger partial charge in [-0.15, -0.1) is 0 Å². The molecular formula is C6H6F3KO4. The molecule has 0 spiro atoms. The zero-order valence-corrected chi connectivity index (χ0v) is 10.5. The van der Waals surface area contributed by atoms with Crippen molar-refractivity contribution < 1.29 is 83.9 Å². The summed E-state index contributed by atoms with van der Waals surface area (Å²) in [6.45, 7) is -0.542. The molecular weight excluding hydrogens is 232 g/mol. The molecule has 0 radical (unpaired) electrons. The van der Waals surface area contributed by atoms with Crippen molar-refractivity contribution in [1.29, 1.82) is 0 Å². The molecule has 1 aliphatic rings. The Kier molecular flexibility index (Phi) is 5.54. The van der Waals surface area contributed by atoms with Gasteiger partial charge in [-0.25, -0.2) is 0 Å². The van der Waals surface area contributed by atoms with Gasteiger partial charge in [-0.1, -0.05) is 0 Å². The number of ether oxygens (including phenoxy) is 2. The predicted molar refractivity (Wildman–Crippen MR) is 30.3 cm³/mol. The van der Waals surface area contributed by atoms with Crippen LogP contribution in [-0.2, 0) is 14.3 Å². The summed E-state index contributed by atoms with van der Waals surface area (Å²) in [6, 6.07) is 0. The van der Waals surface area contributed by atoms with E-state index in [0.29, 0.717) is 0 Å². The van der Waals surface area contributed by atoms with Crippen molar-refractivity contribution in [3.8, 4) is 0 Å². The zero-order valence-electron chi connectivity index (χ0n) is 7.39. The molecule has 1 aliphatic heterocycles. The van der Waals surface area contributed by atoms with Gasteiger partial charge in [-0.2, -0.15) is 13.2 Å². The third kappa shape index (κ3) is 3.15. The number of carbonyl (C=O) groups is 1. The van der Waals surface area contributed by atoms with Crippen LogP contribution in [-0.4, -0.2) is 31.1 Å². The van der Waals surface area contributed by atoms with Crippen LogP contribution in [0.4, 0.5) is 13.2 Å². The van der Waals surface area contributed by atoms with Crippen molar-refractivity contribution in [1.82, 2.24) is 0 Å². The Morgan fingerprint density at radius 2 is 1.79 bits per heavy atom. The number of carbonyl (C=O) groups excluding carboxylic acids is 1. The van der Waals surface area contributed by atoms with Crippen LogP contribution in [0.1, 0.15) is 6.42 Å². The van der Waals surface area contributed by atoms with Crippen LogP contribution in [0.5, 0.6) is 0 Å². The predicted octanol–water partition coefficient (Wildman–Crippen LogP) is -3.56. The molecule has 4 nitrogen and oxygen atoms in total. The van der Waals surface area contributed by atoms with Crippen LogP contribution in [0.2, 0.25) is 0 Å². The summed E-state index contributed by atoms with van der Waals surface area (Å²) in [5, 5.41) is 10.0. The van der Waals surface area contributed by atoms with Gasteiger partial charge in [0.2, 0.25) is 0 Å². The first-order valence-electron chi connectivity index (χ1n) is 3.42. The summed E-state index contributed by atoms with van der Waals surface area (Å²) in [7, 11) is 0. The summed E-state index contributed by atoms with van der Waals surface area (Å²) in [5.41, 5.74) is 0. The second-order valence-electron chi connectivity index (χ2n) is 2.50. The number of rotatable bonds is 2. The minimum atomic E-state index is -4.86. The molecule has 0 saturated carbocycles. The summed E-state index contributed by atoms with van der Waals surface area (Å²) in [4.78, 5) is 10.0. The van der Waals surface area contributed by atoms with E-state index in [4.69, 9.17) is 0 Å². The fourth-order valence-corrected chi connectivity index (χ4v) is 1.01. The first-order valence-corrected chi connectivity index (χ1v) is 3.42. The van der Waals surface area contributed by atoms with E-state index >= 15 is 0 Å². The smallest absolute Gasteiger partial charge is 0.550 e. The van der Waals surface area contributed by atoms with E-state index in [1.165, 1.54) is 0 Å². The Morgan fingerprint density at radius 3 is 2.07 bits per heavy atom. The van der Waals surface area contributed by atoms with Gasteiger partial charge in [0.05, 0.1) is 19.6 Å². The van der Waals surface area contributed by atoms with Crippen molar-refractivity contribution in [3.05, 3.63) is 0 Å². The topological polar surface area (TPSA) is 58.6 Å². The number of hydrogen-bond acceptors (Lipinski definition) is 4. The average molecular weight is 238 g/mol. The number of carboxylic acid groups (broad SMARTS) is 1. The van der Waals surface area contributed by atoms with Gasteiger partial charge in [-0.3, -0.25) is 0 Å². The minimum Gasteiger partial charge on any atom is -0.550 e. The van der Waals surface area contributed by atoms with Crippen LogP contribution in [0, 0.1) is 0 Å². The molecule has 0 aromatic heterocycles. The van der Waals surface area contributed by atoms with Crippen molar-refractivity contribution in [3.63, 3.8) is 0 Å². The first kappa shape index (κ1) is 14.8. The van der Waals surface area contributed by atoms with Gasteiger partial charge < -0.3 is 19.4 Å². The SMILES string of the molecule is O=C([O-])CC1(C(F)(F)F)OCCO1.[K+]. The average Bonchev–Trinajstić information content (AvgIpc) is 2.33. The van der Waals surface area contributed by atoms with E-state index < -0.39 is 24.4 Å². The molecule has 0 aromatic rings. The maximum atomic E-state index is 12.2. The van der Waals surface area contributed by atoms with Gasteiger partial charge in [-0.05, 0) is 0 Å². The summed E-state index contributed by atoms with van der Waals surface area (Å²) in [5.74, 6) is -4.87. The second-order valence-corrected chi connectivity index (χ2v) is 2.50. The molecule has 14 heavy (non-hydrogen) atoms. The maximum absolute atomic E-state index is 12.2. The second kappa shape index (κ2) is 5.24. The number of carboxylic acids is 1. The quantitative estimate of drug-likeness (QED) is 0.467. The van der Waals surface area contributed by atoms with E-state index in [2.05, 4.69) is 9.47 Å². The van der Waals surface area contributed by atoms with Crippen molar-refractivity contribution in [2.24, 2.45) is 0 Å². The summed E-state index contributed by atoms with van der Waals surface area (Å²) in [6.07, 6.45) is -6.19. The van der Waals surface area contributed by atoms with E-state index in [-0.39, 0.29) is 64.6 Å². The molecule has 1 saturated heterocycles. The number of alkyl halides is 3. The van der Waals surface area contributed by atoms with Crippen LogP contribution < -0.4 is 56.5 Å². The fourth-order valence-electron chi connectivity index (χ4n) is 1.01. The fraction of sp³-hybridized carbons (Fsp3) is 0.833. The Balaban J connectivity index is 0.00000169. The molecule has 76 valence electrons. The minimum absolute atomic E-state index is 0. The van der Waals surface area contributed by atoms with Crippen molar-refractivity contribution >= 4 is 5.97 Å². The Morgan fingerprint density at radius 1 is 1.36 bits per heavy atom. The third-order valence-corrected chi connectivity index (χ3v) is 1.56. The number of halogens is 3. The van der Waals surface area contributed by atoms with Crippen molar-refractivity contribution in [2.75, 3.05) is 13.2 Å². The first-order chi connectivity index (χ1) is 5.87. The molecule has 0 aromatic carbocycles. The number of aliphatic carboxylic acids is 1. The van der Waals surface area contributed by atoms with Gasteiger partial charge in [0.15, 0.2) is 0 Å². The molecule has 8 heteroatoms. The molecule has 1 fully saturated rings. The van der Waals surface area contributed by atoms with Crippen LogP contribution in [0.25, 0.3) is 0 Å². The van der Waals surface area contributed by atoms with E-state index in [1.54, 1.807) is 0 Å². The molecule has 0 bridgehead atoms. The molecule has 0 atom stereocenters. The van der Waals surface area contributed by atoms with E-state index in [9.17, 15) is 23.1 Å². The normalized spacial score (nSPS) is 20.2. The van der Waals surface area contributed by atoms with Gasteiger partial charge in [0.1, 0.15) is 0 Å². The van der Waals surface area contributed by atoms with Gasteiger partial charge >= 0.3 is 57.6 Å². The molecule has 0 N–H and O–H groups in total. The van der Waals surface area contributed by atoms with E-state index in [1.807, 2.05) is 0 Å². The molecule has 1 heterocycles. The number of hydrogen-bond donors (Lipinski definition) is 0. The van der Waals surface area contributed by atoms with Crippen LogP contribution in [0.3, 0.4) is 0 Å². The zero-order chi connectivity index (χ0) is 10.1. The van der Waals surface area contributed by atoms with Gasteiger partial charge in [0.25, 0.3) is 5.79 Å². The van der Waals surface area contributed by atoms with Crippen LogP contribution in [0.15, 0.2) is 0 Å². The summed E-state index contributed by atoms with van der Waals surface area (Å²) >= 11 is 0. The van der Waals surface area contributed by atoms with Crippen LogP contribution >= 0.6 is 0 Å². The molecule has 0 aliphatic carbocycles. The summed E-state index contributed by atoms with van der Waals surface area (Å²) < 4.78 is 45.2. The Hall–Kier alpha value is 0.816. The maximum Gasteiger partial charge on any atom is 1.00 e. The molecule has 0 unspecified atom stereocenters. The Labute approximate surface area is 120 Å². The van der Waals surface area contributed by atoms with Gasteiger partial charge in [0, 0.05) is 5.97 Å². The molecule has 0 amide bonds. The largest absolute Gasteiger partial charge is 1.00 e. The third-order valence-electron chi connectivity index (χ3n) is 1.56. The Bertz CT molecular complexity index is 212. The van der Waals surface area contributed by atoms with Crippen molar-refractivity contribution in [2.45, 2.75) is 18.4 Å². The van der Waals surface area contributed by atoms with E-state index in [0.717, 1.165) is 0 Å².